The van der Waals surface area contributed by atoms with Gasteiger partial charge in [-0.05, 0) is 24.6 Å². The Kier molecular flexibility index (Phi) is 5.49. The first-order valence-electron chi connectivity index (χ1n) is 5.29. The van der Waals surface area contributed by atoms with Crippen LogP contribution in [0.15, 0.2) is 24.3 Å². The highest BCUT2D eigenvalue weighted by Crippen LogP contribution is 2.12. The molecule has 0 bridgehead atoms. The maximum absolute atomic E-state index is 11.1. The van der Waals surface area contributed by atoms with E-state index < -0.39 is 10.8 Å². The van der Waals surface area contributed by atoms with E-state index in [0.717, 1.165) is 18.8 Å². The Morgan fingerprint density at radius 3 is 2.88 bits per heavy atom. The van der Waals surface area contributed by atoms with Crippen LogP contribution >= 0.6 is 0 Å². The second-order valence-electron chi connectivity index (χ2n) is 3.79. The standard InChI is InChI=1S/C12H19NO2S/c1-10(16(3)14)8-13-9-11-5-4-6-12(7-11)15-2/h4-7,10,13H,8-9H2,1-3H3. The lowest BCUT2D eigenvalue weighted by atomic mass is 10.2. The minimum absolute atomic E-state index is 0.186. The number of ether oxygens (including phenoxy) is 1. The fourth-order valence-corrected chi connectivity index (χ4v) is 1.67. The van der Waals surface area contributed by atoms with Crippen molar-refractivity contribution in [2.45, 2.75) is 18.7 Å². The lowest BCUT2D eigenvalue weighted by molar-refractivity contribution is 0.414. The van der Waals surface area contributed by atoms with E-state index in [4.69, 9.17) is 4.74 Å². The van der Waals surface area contributed by atoms with E-state index in [1.54, 1.807) is 13.4 Å². The average molecular weight is 241 g/mol. The largest absolute Gasteiger partial charge is 0.497 e. The van der Waals surface area contributed by atoms with Gasteiger partial charge in [0.1, 0.15) is 5.75 Å². The van der Waals surface area contributed by atoms with Gasteiger partial charge in [0.15, 0.2) is 0 Å². The molecule has 0 saturated carbocycles. The molecule has 0 aliphatic carbocycles. The van der Waals surface area contributed by atoms with Crippen molar-refractivity contribution in [2.75, 3.05) is 19.9 Å². The van der Waals surface area contributed by atoms with E-state index in [1.165, 1.54) is 5.56 Å². The summed E-state index contributed by atoms with van der Waals surface area (Å²) < 4.78 is 16.3. The second kappa shape index (κ2) is 6.66. The summed E-state index contributed by atoms with van der Waals surface area (Å²) in [6.07, 6.45) is 1.73. The molecule has 0 fully saturated rings. The van der Waals surface area contributed by atoms with Crippen LogP contribution in [0, 0.1) is 0 Å². The number of methoxy groups -OCH3 is 1. The van der Waals surface area contributed by atoms with Crippen molar-refractivity contribution < 1.29 is 8.95 Å². The molecule has 0 spiro atoms. The predicted octanol–water partition coefficient (Wildman–Crippen LogP) is 1.55. The smallest absolute Gasteiger partial charge is 0.119 e. The molecule has 2 atom stereocenters. The van der Waals surface area contributed by atoms with Crippen LogP contribution in [0.5, 0.6) is 5.75 Å². The number of rotatable bonds is 6. The summed E-state index contributed by atoms with van der Waals surface area (Å²) in [5, 5.41) is 3.47. The van der Waals surface area contributed by atoms with Gasteiger partial charge in [0, 0.05) is 35.4 Å². The molecule has 0 amide bonds. The predicted molar refractivity (Wildman–Crippen MR) is 68.2 cm³/mol. The van der Waals surface area contributed by atoms with Crippen molar-refractivity contribution in [1.29, 1.82) is 0 Å². The molecule has 1 aromatic rings. The van der Waals surface area contributed by atoms with Gasteiger partial charge in [-0.3, -0.25) is 4.21 Å². The molecule has 4 heteroatoms. The summed E-state index contributed by atoms with van der Waals surface area (Å²) in [6.45, 7) is 3.52. The fourth-order valence-electron chi connectivity index (χ4n) is 1.32. The summed E-state index contributed by atoms with van der Waals surface area (Å²) in [6, 6.07) is 7.94. The van der Waals surface area contributed by atoms with Crippen LogP contribution in [0.1, 0.15) is 12.5 Å². The molecule has 2 unspecified atom stereocenters. The maximum Gasteiger partial charge on any atom is 0.119 e. The molecule has 1 N–H and O–H groups in total. The van der Waals surface area contributed by atoms with E-state index in [0.29, 0.717) is 0 Å². The number of hydrogen-bond acceptors (Lipinski definition) is 3. The Hall–Kier alpha value is -0.870. The third-order valence-corrected chi connectivity index (χ3v) is 3.76. The minimum Gasteiger partial charge on any atom is -0.497 e. The Bertz CT molecular complexity index is 355. The van der Waals surface area contributed by atoms with Crippen molar-refractivity contribution in [2.24, 2.45) is 0 Å². The van der Waals surface area contributed by atoms with Crippen molar-refractivity contribution in [3.63, 3.8) is 0 Å². The third-order valence-electron chi connectivity index (χ3n) is 2.46. The molecule has 16 heavy (non-hydrogen) atoms. The maximum atomic E-state index is 11.1. The first kappa shape index (κ1) is 13.2. The van der Waals surface area contributed by atoms with E-state index in [9.17, 15) is 4.21 Å². The third kappa shape index (κ3) is 4.33. The topological polar surface area (TPSA) is 38.3 Å². The van der Waals surface area contributed by atoms with Gasteiger partial charge in [-0.2, -0.15) is 0 Å². The van der Waals surface area contributed by atoms with E-state index in [2.05, 4.69) is 5.32 Å². The van der Waals surface area contributed by atoms with Gasteiger partial charge in [-0.25, -0.2) is 0 Å². The second-order valence-corrected chi connectivity index (χ2v) is 5.59. The average Bonchev–Trinajstić information content (AvgIpc) is 2.29. The highest BCUT2D eigenvalue weighted by Gasteiger charge is 2.04. The normalized spacial score (nSPS) is 14.4. The zero-order valence-corrected chi connectivity index (χ0v) is 10.8. The first-order valence-corrected chi connectivity index (χ1v) is 6.91. The SMILES string of the molecule is COc1cccc(CNCC(C)S(C)=O)c1. The number of benzene rings is 1. The molecule has 0 aliphatic heterocycles. The lowest BCUT2D eigenvalue weighted by Crippen LogP contribution is -2.27. The Labute approximate surface area is 99.7 Å². The van der Waals surface area contributed by atoms with Gasteiger partial charge < -0.3 is 10.1 Å². The highest BCUT2D eigenvalue weighted by atomic mass is 32.2. The molecule has 1 aromatic carbocycles. The van der Waals surface area contributed by atoms with Crippen LogP contribution in [-0.2, 0) is 17.3 Å². The summed E-state index contributed by atoms with van der Waals surface area (Å²) in [5.74, 6) is 0.867. The highest BCUT2D eigenvalue weighted by molar-refractivity contribution is 7.84. The fraction of sp³-hybridized carbons (Fsp3) is 0.500. The number of hydrogen-bond donors (Lipinski definition) is 1. The molecule has 3 nitrogen and oxygen atoms in total. The quantitative estimate of drug-likeness (QED) is 0.821. The van der Waals surface area contributed by atoms with Gasteiger partial charge in [0.25, 0.3) is 0 Å². The van der Waals surface area contributed by atoms with Crippen LogP contribution in [0.25, 0.3) is 0 Å². The minimum atomic E-state index is -0.761. The van der Waals surface area contributed by atoms with Gasteiger partial charge in [-0.1, -0.05) is 12.1 Å². The monoisotopic (exact) mass is 241 g/mol. The Morgan fingerprint density at radius 2 is 2.25 bits per heavy atom. The lowest BCUT2D eigenvalue weighted by Gasteiger charge is -2.10. The molecular formula is C12H19NO2S. The van der Waals surface area contributed by atoms with Crippen LogP contribution in [-0.4, -0.2) is 29.4 Å². The van der Waals surface area contributed by atoms with Crippen molar-refractivity contribution >= 4 is 10.8 Å². The molecular weight excluding hydrogens is 222 g/mol. The zero-order chi connectivity index (χ0) is 12.0. The molecule has 0 aromatic heterocycles. The Balaban J connectivity index is 2.39. The Morgan fingerprint density at radius 1 is 1.50 bits per heavy atom. The molecule has 90 valence electrons. The van der Waals surface area contributed by atoms with Crippen molar-refractivity contribution in [3.8, 4) is 5.75 Å². The van der Waals surface area contributed by atoms with Crippen LogP contribution in [0.4, 0.5) is 0 Å². The van der Waals surface area contributed by atoms with Crippen molar-refractivity contribution in [3.05, 3.63) is 29.8 Å². The summed E-state index contributed by atoms with van der Waals surface area (Å²) >= 11 is 0. The zero-order valence-electron chi connectivity index (χ0n) is 10.0. The van der Waals surface area contributed by atoms with Crippen molar-refractivity contribution in [1.82, 2.24) is 5.32 Å². The van der Waals surface area contributed by atoms with Gasteiger partial charge >= 0.3 is 0 Å². The first-order chi connectivity index (χ1) is 7.63. The molecule has 1 rings (SSSR count). The van der Waals surface area contributed by atoms with Crippen LogP contribution in [0.3, 0.4) is 0 Å². The van der Waals surface area contributed by atoms with E-state index in [-0.39, 0.29) is 5.25 Å². The van der Waals surface area contributed by atoms with E-state index >= 15 is 0 Å². The van der Waals surface area contributed by atoms with Crippen LogP contribution < -0.4 is 10.1 Å². The van der Waals surface area contributed by atoms with Gasteiger partial charge in [-0.15, -0.1) is 0 Å². The van der Waals surface area contributed by atoms with E-state index in [1.807, 2.05) is 31.2 Å². The summed E-state index contributed by atoms with van der Waals surface area (Å²) in [5.41, 5.74) is 1.17. The molecule has 0 aliphatic rings. The summed E-state index contributed by atoms with van der Waals surface area (Å²) in [7, 11) is 0.900. The van der Waals surface area contributed by atoms with Gasteiger partial charge in [0.05, 0.1) is 7.11 Å². The molecule has 0 radical (unpaired) electrons. The van der Waals surface area contributed by atoms with Crippen LogP contribution in [0.2, 0.25) is 0 Å². The summed E-state index contributed by atoms with van der Waals surface area (Å²) in [4.78, 5) is 0. The molecule has 0 heterocycles. The van der Waals surface area contributed by atoms with Gasteiger partial charge in [0.2, 0.25) is 0 Å². The number of nitrogens with one attached hydrogen (secondary N) is 1. The molecule has 0 saturated heterocycles.